The standard InChI is InChI=1S/C20H19ClN2O6S/c1-2-29-20(24)14-7-12-19(17-5-3-4-6-18(17)21)22(13-14)30(27,28)16-10-8-15(9-11-16)23(25)26/h3-11,19H,2,12-13H2,1H3/t19-/m1/s1. The van der Waals surface area contributed by atoms with E-state index in [0.717, 1.165) is 12.1 Å². The number of nitro groups is 1. The Morgan fingerprint density at radius 3 is 2.50 bits per heavy atom. The maximum absolute atomic E-state index is 13.4. The van der Waals surface area contributed by atoms with Crippen molar-refractivity contribution in [2.75, 3.05) is 13.2 Å². The van der Waals surface area contributed by atoms with Crippen molar-refractivity contribution in [3.8, 4) is 0 Å². The van der Waals surface area contributed by atoms with E-state index in [1.807, 2.05) is 0 Å². The van der Waals surface area contributed by atoms with Crippen molar-refractivity contribution in [3.63, 3.8) is 0 Å². The van der Waals surface area contributed by atoms with E-state index in [2.05, 4.69) is 0 Å². The number of non-ortho nitro benzene ring substituents is 1. The SMILES string of the molecule is CCOC(=O)C1=CC[C@H](c2ccccc2Cl)N(S(=O)(=O)c2ccc([N+](=O)[O-])cc2)C1. The van der Waals surface area contributed by atoms with Crippen molar-refractivity contribution in [2.24, 2.45) is 0 Å². The maximum atomic E-state index is 13.4. The average molecular weight is 451 g/mol. The van der Waals surface area contributed by atoms with Crippen LogP contribution in [0.25, 0.3) is 0 Å². The number of halogens is 1. The van der Waals surface area contributed by atoms with Gasteiger partial charge < -0.3 is 4.74 Å². The number of benzene rings is 2. The molecule has 0 amide bonds. The largest absolute Gasteiger partial charge is 0.463 e. The molecule has 10 heteroatoms. The lowest BCUT2D eigenvalue weighted by atomic mass is 9.98. The van der Waals surface area contributed by atoms with Crippen LogP contribution >= 0.6 is 11.6 Å². The Morgan fingerprint density at radius 1 is 1.23 bits per heavy atom. The fraction of sp³-hybridized carbons (Fsp3) is 0.250. The van der Waals surface area contributed by atoms with Crippen LogP contribution in [0.3, 0.4) is 0 Å². The second-order valence-electron chi connectivity index (χ2n) is 6.52. The molecule has 0 fully saturated rings. The number of sulfonamides is 1. The van der Waals surface area contributed by atoms with Crippen LogP contribution in [0.5, 0.6) is 0 Å². The third-order valence-corrected chi connectivity index (χ3v) is 6.93. The number of hydrogen-bond donors (Lipinski definition) is 0. The second kappa shape index (κ2) is 8.95. The zero-order valence-electron chi connectivity index (χ0n) is 16.0. The summed E-state index contributed by atoms with van der Waals surface area (Å²) in [7, 11) is -4.10. The first kappa shape index (κ1) is 21.9. The first-order valence-electron chi connectivity index (χ1n) is 9.12. The van der Waals surface area contributed by atoms with Gasteiger partial charge in [-0.2, -0.15) is 4.31 Å². The van der Waals surface area contributed by atoms with Crippen molar-refractivity contribution in [1.29, 1.82) is 0 Å². The highest BCUT2D eigenvalue weighted by atomic mass is 35.5. The lowest BCUT2D eigenvalue weighted by Crippen LogP contribution is -2.40. The molecule has 2 aromatic rings. The average Bonchev–Trinajstić information content (AvgIpc) is 2.74. The number of rotatable bonds is 6. The van der Waals surface area contributed by atoms with Crippen molar-refractivity contribution in [1.82, 2.24) is 4.31 Å². The van der Waals surface area contributed by atoms with E-state index >= 15 is 0 Å². The molecule has 1 aliphatic rings. The highest BCUT2D eigenvalue weighted by Crippen LogP contribution is 2.38. The number of ether oxygens (including phenoxy) is 1. The predicted molar refractivity (Wildman–Crippen MR) is 111 cm³/mol. The molecule has 0 unspecified atom stereocenters. The van der Waals surface area contributed by atoms with E-state index in [0.29, 0.717) is 10.6 Å². The second-order valence-corrected chi connectivity index (χ2v) is 8.82. The van der Waals surface area contributed by atoms with Gasteiger partial charge in [-0.15, -0.1) is 0 Å². The summed E-state index contributed by atoms with van der Waals surface area (Å²) in [6, 6.07) is 10.9. The van der Waals surface area contributed by atoms with Crippen LogP contribution in [0.15, 0.2) is 65.1 Å². The van der Waals surface area contributed by atoms with E-state index < -0.39 is 27.0 Å². The molecule has 1 heterocycles. The molecular weight excluding hydrogens is 432 g/mol. The van der Waals surface area contributed by atoms with Crippen LogP contribution in [0.4, 0.5) is 5.69 Å². The molecule has 158 valence electrons. The van der Waals surface area contributed by atoms with E-state index in [1.54, 1.807) is 37.3 Å². The molecule has 8 nitrogen and oxygen atoms in total. The molecule has 0 radical (unpaired) electrons. The molecule has 0 aliphatic carbocycles. The summed E-state index contributed by atoms with van der Waals surface area (Å²) in [6.07, 6.45) is 1.89. The van der Waals surface area contributed by atoms with Gasteiger partial charge in [-0.3, -0.25) is 10.1 Å². The van der Waals surface area contributed by atoms with Gasteiger partial charge in [0.15, 0.2) is 0 Å². The van der Waals surface area contributed by atoms with Gasteiger partial charge in [-0.25, -0.2) is 13.2 Å². The number of hydrogen-bond acceptors (Lipinski definition) is 6. The normalized spacial score (nSPS) is 17.3. The van der Waals surface area contributed by atoms with E-state index in [4.69, 9.17) is 16.3 Å². The van der Waals surface area contributed by atoms with Gasteiger partial charge in [0.1, 0.15) is 0 Å². The smallest absolute Gasteiger partial charge is 0.335 e. The Hall–Kier alpha value is -2.75. The minimum Gasteiger partial charge on any atom is -0.463 e. The van der Waals surface area contributed by atoms with Crippen LogP contribution in [-0.2, 0) is 19.6 Å². The monoisotopic (exact) mass is 450 g/mol. The lowest BCUT2D eigenvalue weighted by Gasteiger charge is -2.34. The molecule has 0 N–H and O–H groups in total. The zero-order chi connectivity index (χ0) is 21.9. The molecule has 0 saturated heterocycles. The quantitative estimate of drug-likeness (QED) is 0.375. The van der Waals surface area contributed by atoms with E-state index in [9.17, 15) is 23.3 Å². The van der Waals surface area contributed by atoms with Gasteiger partial charge in [0, 0.05) is 29.3 Å². The summed E-state index contributed by atoms with van der Waals surface area (Å²) in [5.41, 5.74) is 0.608. The Bertz CT molecular complexity index is 1100. The summed E-state index contributed by atoms with van der Waals surface area (Å²) < 4.78 is 33.1. The molecule has 1 atom stereocenters. The first-order valence-corrected chi connectivity index (χ1v) is 10.9. The summed E-state index contributed by atoms with van der Waals surface area (Å²) in [5.74, 6) is -0.584. The van der Waals surface area contributed by atoms with Crippen LogP contribution in [-0.4, -0.2) is 36.8 Å². The number of nitro benzene ring substituents is 1. The summed E-state index contributed by atoms with van der Waals surface area (Å²) in [4.78, 5) is 22.4. The number of nitrogens with zero attached hydrogens (tertiary/aromatic N) is 2. The summed E-state index contributed by atoms with van der Waals surface area (Å²) in [6.45, 7) is 1.63. The van der Waals surface area contributed by atoms with Crippen molar-refractivity contribution in [3.05, 3.63) is 80.9 Å². The molecular formula is C20H19ClN2O6S. The van der Waals surface area contributed by atoms with Gasteiger partial charge >= 0.3 is 5.97 Å². The fourth-order valence-corrected chi connectivity index (χ4v) is 5.10. The molecule has 30 heavy (non-hydrogen) atoms. The Morgan fingerprint density at radius 2 is 1.90 bits per heavy atom. The lowest BCUT2D eigenvalue weighted by molar-refractivity contribution is -0.384. The van der Waals surface area contributed by atoms with Crippen molar-refractivity contribution in [2.45, 2.75) is 24.3 Å². The van der Waals surface area contributed by atoms with Gasteiger partial charge in [0.25, 0.3) is 5.69 Å². The highest BCUT2D eigenvalue weighted by molar-refractivity contribution is 7.89. The van der Waals surface area contributed by atoms with Crippen LogP contribution in [0.1, 0.15) is 24.9 Å². The number of carbonyl (C=O) groups excluding carboxylic acids is 1. The molecule has 0 saturated carbocycles. The van der Waals surface area contributed by atoms with Gasteiger partial charge in [-0.1, -0.05) is 35.9 Å². The predicted octanol–water partition coefficient (Wildman–Crippen LogP) is 3.87. The van der Waals surface area contributed by atoms with Gasteiger partial charge in [0.2, 0.25) is 10.0 Å². The maximum Gasteiger partial charge on any atom is 0.335 e. The third-order valence-electron chi connectivity index (χ3n) is 4.72. The number of esters is 1. The first-order chi connectivity index (χ1) is 14.3. The Kier molecular flexibility index (Phi) is 6.55. The molecule has 0 bridgehead atoms. The third kappa shape index (κ3) is 4.38. The molecule has 1 aliphatic heterocycles. The van der Waals surface area contributed by atoms with Crippen molar-refractivity contribution < 1.29 is 22.9 Å². The van der Waals surface area contributed by atoms with E-state index in [-0.39, 0.29) is 35.7 Å². The minimum atomic E-state index is -4.10. The molecule has 0 aromatic heterocycles. The fourth-order valence-electron chi connectivity index (χ4n) is 3.24. The Labute approximate surface area is 178 Å². The summed E-state index contributed by atoms with van der Waals surface area (Å²) in [5, 5.41) is 11.3. The van der Waals surface area contributed by atoms with Crippen LogP contribution < -0.4 is 0 Å². The molecule has 0 spiro atoms. The van der Waals surface area contributed by atoms with Crippen LogP contribution in [0, 0.1) is 10.1 Å². The minimum absolute atomic E-state index is 0.115. The van der Waals surface area contributed by atoms with E-state index in [1.165, 1.54) is 16.4 Å². The van der Waals surface area contributed by atoms with Gasteiger partial charge in [0.05, 0.1) is 22.5 Å². The topological polar surface area (TPSA) is 107 Å². The zero-order valence-corrected chi connectivity index (χ0v) is 17.6. The highest BCUT2D eigenvalue weighted by Gasteiger charge is 2.37. The number of carbonyl (C=O) groups is 1. The molecule has 3 rings (SSSR count). The van der Waals surface area contributed by atoms with Crippen molar-refractivity contribution >= 4 is 33.3 Å². The van der Waals surface area contributed by atoms with Crippen LogP contribution in [0.2, 0.25) is 5.02 Å². The Balaban J connectivity index is 2.05. The van der Waals surface area contributed by atoms with Gasteiger partial charge in [-0.05, 0) is 37.1 Å². The molecule has 2 aromatic carbocycles. The summed E-state index contributed by atoms with van der Waals surface area (Å²) >= 11 is 6.31.